The number of carbonyl (C=O) groups is 1. The Labute approximate surface area is 114 Å². The third-order valence-electron chi connectivity index (χ3n) is 4.34. The molecule has 0 spiro atoms. The van der Waals surface area contributed by atoms with Crippen LogP contribution in [0, 0.1) is 5.92 Å². The van der Waals surface area contributed by atoms with E-state index in [-0.39, 0.29) is 11.8 Å². The minimum Gasteiger partial charge on any atom is -0.352 e. The SMILES string of the molecule is O=C(NCc1ccc2c(c1)CCC2)C1CCNCC1. The Morgan fingerprint density at radius 1 is 1.21 bits per heavy atom. The average molecular weight is 258 g/mol. The first-order valence-corrected chi connectivity index (χ1v) is 7.42. The van der Waals surface area contributed by atoms with Crippen molar-refractivity contribution in [2.45, 2.75) is 38.6 Å². The van der Waals surface area contributed by atoms with E-state index in [1.54, 1.807) is 0 Å². The second-order valence-corrected chi connectivity index (χ2v) is 5.70. The highest BCUT2D eigenvalue weighted by molar-refractivity contribution is 5.78. The number of piperidine rings is 1. The lowest BCUT2D eigenvalue weighted by Gasteiger charge is -2.21. The lowest BCUT2D eigenvalue weighted by Crippen LogP contribution is -2.37. The number of rotatable bonds is 3. The number of aryl methyl sites for hydroxylation is 2. The lowest BCUT2D eigenvalue weighted by molar-refractivity contribution is -0.125. The van der Waals surface area contributed by atoms with Gasteiger partial charge in [0.2, 0.25) is 5.91 Å². The number of fused-ring (bicyclic) bond motifs is 1. The average Bonchev–Trinajstić information content (AvgIpc) is 2.93. The van der Waals surface area contributed by atoms with Crippen LogP contribution in [0.3, 0.4) is 0 Å². The van der Waals surface area contributed by atoms with Crippen molar-refractivity contribution in [3.63, 3.8) is 0 Å². The standard InChI is InChI=1S/C16H22N2O/c19-16(14-6-8-17-9-7-14)18-11-12-4-5-13-2-1-3-15(13)10-12/h4-5,10,14,17H,1-3,6-9,11H2,(H,18,19). The summed E-state index contributed by atoms with van der Waals surface area (Å²) < 4.78 is 0. The number of hydrogen-bond donors (Lipinski definition) is 2. The molecule has 0 unspecified atom stereocenters. The van der Waals surface area contributed by atoms with Crippen molar-refractivity contribution in [3.8, 4) is 0 Å². The Hall–Kier alpha value is -1.35. The summed E-state index contributed by atoms with van der Waals surface area (Å²) in [6.07, 6.45) is 5.63. The zero-order valence-electron chi connectivity index (χ0n) is 11.4. The molecule has 3 rings (SSSR count). The summed E-state index contributed by atoms with van der Waals surface area (Å²) in [6.45, 7) is 2.61. The fraction of sp³-hybridized carbons (Fsp3) is 0.562. The van der Waals surface area contributed by atoms with Crippen LogP contribution in [-0.4, -0.2) is 19.0 Å². The molecule has 0 saturated carbocycles. The molecule has 1 heterocycles. The molecular weight excluding hydrogens is 236 g/mol. The van der Waals surface area contributed by atoms with Gasteiger partial charge in [-0.15, -0.1) is 0 Å². The second kappa shape index (κ2) is 5.74. The lowest BCUT2D eigenvalue weighted by atomic mass is 9.97. The van der Waals surface area contributed by atoms with Crippen LogP contribution in [0.4, 0.5) is 0 Å². The normalized spacial score (nSPS) is 19.2. The van der Waals surface area contributed by atoms with Gasteiger partial charge in [-0.05, 0) is 61.9 Å². The summed E-state index contributed by atoms with van der Waals surface area (Å²) in [5, 5.41) is 6.38. The molecule has 0 radical (unpaired) electrons. The van der Waals surface area contributed by atoms with Gasteiger partial charge in [-0.2, -0.15) is 0 Å². The Kier molecular flexibility index (Phi) is 3.83. The molecule has 3 nitrogen and oxygen atoms in total. The summed E-state index contributed by atoms with van der Waals surface area (Å²) in [5.41, 5.74) is 4.21. The van der Waals surface area contributed by atoms with Gasteiger partial charge < -0.3 is 10.6 Å². The highest BCUT2D eigenvalue weighted by Crippen LogP contribution is 2.22. The second-order valence-electron chi connectivity index (χ2n) is 5.70. The van der Waals surface area contributed by atoms with Crippen LogP contribution < -0.4 is 10.6 Å². The molecule has 0 bridgehead atoms. The third-order valence-corrected chi connectivity index (χ3v) is 4.34. The van der Waals surface area contributed by atoms with Crippen LogP contribution in [0.1, 0.15) is 36.0 Å². The largest absolute Gasteiger partial charge is 0.352 e. The topological polar surface area (TPSA) is 41.1 Å². The van der Waals surface area contributed by atoms with Gasteiger partial charge >= 0.3 is 0 Å². The Bertz CT molecular complexity index is 464. The monoisotopic (exact) mass is 258 g/mol. The first-order chi connectivity index (χ1) is 9.33. The van der Waals surface area contributed by atoms with Crippen LogP contribution in [-0.2, 0) is 24.2 Å². The first-order valence-electron chi connectivity index (χ1n) is 7.42. The zero-order chi connectivity index (χ0) is 13.1. The van der Waals surface area contributed by atoms with Crippen LogP contribution in [0.15, 0.2) is 18.2 Å². The number of nitrogens with one attached hydrogen (secondary N) is 2. The molecule has 3 heteroatoms. The molecule has 2 aliphatic rings. The highest BCUT2D eigenvalue weighted by Gasteiger charge is 2.20. The van der Waals surface area contributed by atoms with E-state index in [9.17, 15) is 4.79 Å². The Morgan fingerprint density at radius 2 is 2.00 bits per heavy atom. The summed E-state index contributed by atoms with van der Waals surface area (Å²) in [5.74, 6) is 0.428. The van der Waals surface area contributed by atoms with E-state index in [4.69, 9.17) is 0 Å². The molecule has 19 heavy (non-hydrogen) atoms. The maximum absolute atomic E-state index is 12.1. The van der Waals surface area contributed by atoms with Gasteiger partial charge in [0.15, 0.2) is 0 Å². The van der Waals surface area contributed by atoms with Crippen LogP contribution in [0.5, 0.6) is 0 Å². The van der Waals surface area contributed by atoms with Gasteiger partial charge in [0.05, 0.1) is 0 Å². The third kappa shape index (κ3) is 2.98. The van der Waals surface area contributed by atoms with E-state index in [1.165, 1.54) is 36.0 Å². The summed E-state index contributed by atoms with van der Waals surface area (Å²) in [6, 6.07) is 6.66. The van der Waals surface area contributed by atoms with E-state index in [0.29, 0.717) is 6.54 Å². The minimum absolute atomic E-state index is 0.204. The molecule has 1 aliphatic carbocycles. The molecule has 1 amide bonds. The Balaban J connectivity index is 1.55. The Morgan fingerprint density at radius 3 is 2.84 bits per heavy atom. The minimum atomic E-state index is 0.204. The molecule has 1 saturated heterocycles. The fourth-order valence-electron chi connectivity index (χ4n) is 3.15. The number of benzene rings is 1. The maximum Gasteiger partial charge on any atom is 0.223 e. The highest BCUT2D eigenvalue weighted by atomic mass is 16.1. The number of carbonyl (C=O) groups excluding carboxylic acids is 1. The summed E-state index contributed by atoms with van der Waals surface area (Å²) >= 11 is 0. The van der Waals surface area contributed by atoms with Crippen molar-refractivity contribution < 1.29 is 4.79 Å². The van der Waals surface area contributed by atoms with Crippen molar-refractivity contribution in [3.05, 3.63) is 34.9 Å². The predicted molar refractivity (Wildman–Crippen MR) is 75.9 cm³/mol. The van der Waals surface area contributed by atoms with E-state index in [2.05, 4.69) is 28.8 Å². The molecular formula is C16H22N2O. The number of hydrogen-bond acceptors (Lipinski definition) is 2. The molecule has 1 fully saturated rings. The molecule has 0 atom stereocenters. The smallest absolute Gasteiger partial charge is 0.223 e. The maximum atomic E-state index is 12.1. The van der Waals surface area contributed by atoms with Crippen molar-refractivity contribution in [1.82, 2.24) is 10.6 Å². The van der Waals surface area contributed by atoms with E-state index in [0.717, 1.165) is 25.9 Å². The van der Waals surface area contributed by atoms with Crippen LogP contribution in [0.25, 0.3) is 0 Å². The molecule has 1 aromatic carbocycles. The van der Waals surface area contributed by atoms with E-state index < -0.39 is 0 Å². The van der Waals surface area contributed by atoms with Crippen LogP contribution in [0.2, 0.25) is 0 Å². The molecule has 0 aromatic heterocycles. The molecule has 1 aliphatic heterocycles. The quantitative estimate of drug-likeness (QED) is 0.868. The van der Waals surface area contributed by atoms with E-state index in [1.807, 2.05) is 0 Å². The molecule has 102 valence electrons. The van der Waals surface area contributed by atoms with Crippen molar-refractivity contribution in [1.29, 1.82) is 0 Å². The van der Waals surface area contributed by atoms with Gasteiger partial charge in [-0.1, -0.05) is 18.2 Å². The predicted octanol–water partition coefficient (Wildman–Crippen LogP) is 1.79. The zero-order valence-corrected chi connectivity index (χ0v) is 11.4. The fourth-order valence-corrected chi connectivity index (χ4v) is 3.15. The van der Waals surface area contributed by atoms with Gasteiger partial charge in [0.1, 0.15) is 0 Å². The summed E-state index contributed by atoms with van der Waals surface area (Å²) in [4.78, 5) is 12.1. The van der Waals surface area contributed by atoms with Crippen LogP contribution >= 0.6 is 0 Å². The molecule has 2 N–H and O–H groups in total. The van der Waals surface area contributed by atoms with Gasteiger partial charge in [0.25, 0.3) is 0 Å². The van der Waals surface area contributed by atoms with Crippen molar-refractivity contribution in [2.24, 2.45) is 5.92 Å². The van der Waals surface area contributed by atoms with Gasteiger partial charge in [-0.3, -0.25) is 4.79 Å². The molecule has 1 aromatic rings. The number of amides is 1. The summed E-state index contributed by atoms with van der Waals surface area (Å²) in [7, 11) is 0. The van der Waals surface area contributed by atoms with Crippen molar-refractivity contribution in [2.75, 3.05) is 13.1 Å². The van der Waals surface area contributed by atoms with Crippen molar-refractivity contribution >= 4 is 5.91 Å². The van der Waals surface area contributed by atoms with E-state index >= 15 is 0 Å². The first kappa shape index (κ1) is 12.7. The van der Waals surface area contributed by atoms with Gasteiger partial charge in [-0.25, -0.2) is 0 Å². The van der Waals surface area contributed by atoms with Gasteiger partial charge in [0, 0.05) is 12.5 Å².